The summed E-state index contributed by atoms with van der Waals surface area (Å²) in [5.41, 5.74) is 1.13. The summed E-state index contributed by atoms with van der Waals surface area (Å²) >= 11 is 12.2. The Morgan fingerprint density at radius 2 is 1.79 bits per heavy atom. The molecule has 0 radical (unpaired) electrons. The highest BCUT2D eigenvalue weighted by molar-refractivity contribution is 6.35. The lowest BCUT2D eigenvalue weighted by atomic mass is 9.84. The molecule has 1 aliphatic carbocycles. The van der Waals surface area contributed by atoms with E-state index in [1.165, 1.54) is 32.1 Å². The lowest BCUT2D eigenvalue weighted by Gasteiger charge is -2.31. The highest BCUT2D eigenvalue weighted by Gasteiger charge is 2.22. The zero-order chi connectivity index (χ0) is 13.8. The second-order valence-electron chi connectivity index (χ2n) is 5.74. The molecule has 1 N–H and O–H groups in total. The fourth-order valence-corrected chi connectivity index (χ4v) is 3.68. The number of hydrogen-bond acceptors (Lipinski definition) is 1. The molecule has 0 saturated heterocycles. The first-order valence-corrected chi connectivity index (χ1v) is 8.04. The summed E-state index contributed by atoms with van der Waals surface area (Å²) in [5, 5.41) is 5.15. The van der Waals surface area contributed by atoms with Crippen molar-refractivity contribution in [2.24, 2.45) is 5.92 Å². The maximum Gasteiger partial charge on any atom is 0.0468 e. The van der Waals surface area contributed by atoms with E-state index >= 15 is 0 Å². The van der Waals surface area contributed by atoms with Crippen LogP contribution in [0.5, 0.6) is 0 Å². The Labute approximate surface area is 126 Å². The summed E-state index contributed by atoms with van der Waals surface area (Å²) in [7, 11) is 0. The number of rotatable bonds is 4. The molecule has 3 heteroatoms. The minimum absolute atomic E-state index is 0.265. The van der Waals surface area contributed by atoms with E-state index in [0.29, 0.717) is 11.1 Å². The SMILES string of the molecule is CC(NC(C)C1CCCCC1)c1ccc(Cl)cc1Cl. The molecule has 0 aromatic heterocycles. The molecule has 1 aromatic carbocycles. The maximum atomic E-state index is 6.27. The topological polar surface area (TPSA) is 12.0 Å². The van der Waals surface area contributed by atoms with Gasteiger partial charge in [-0.1, -0.05) is 48.5 Å². The maximum absolute atomic E-state index is 6.27. The molecule has 0 aliphatic heterocycles. The first kappa shape index (κ1) is 15.2. The lowest BCUT2D eigenvalue weighted by Crippen LogP contribution is -2.36. The van der Waals surface area contributed by atoms with Gasteiger partial charge in [0.25, 0.3) is 0 Å². The molecule has 1 fully saturated rings. The summed E-state index contributed by atoms with van der Waals surface area (Å²) < 4.78 is 0. The summed E-state index contributed by atoms with van der Waals surface area (Å²) in [6.45, 7) is 4.48. The van der Waals surface area contributed by atoms with Crippen LogP contribution in [0.25, 0.3) is 0 Å². The fraction of sp³-hybridized carbons (Fsp3) is 0.625. The molecule has 0 bridgehead atoms. The van der Waals surface area contributed by atoms with Crippen LogP contribution in [0.3, 0.4) is 0 Å². The number of nitrogens with one attached hydrogen (secondary N) is 1. The predicted molar refractivity (Wildman–Crippen MR) is 84.0 cm³/mol. The minimum atomic E-state index is 0.265. The van der Waals surface area contributed by atoms with Crippen LogP contribution in [0.1, 0.15) is 57.6 Å². The Bertz CT molecular complexity index is 413. The quantitative estimate of drug-likeness (QED) is 0.761. The van der Waals surface area contributed by atoms with Crippen LogP contribution in [-0.4, -0.2) is 6.04 Å². The van der Waals surface area contributed by atoms with Crippen molar-refractivity contribution in [1.29, 1.82) is 0 Å². The normalized spacial score (nSPS) is 20.2. The van der Waals surface area contributed by atoms with E-state index in [-0.39, 0.29) is 6.04 Å². The number of hydrogen-bond donors (Lipinski definition) is 1. The Balaban J connectivity index is 1.97. The van der Waals surface area contributed by atoms with Gasteiger partial charge in [-0.25, -0.2) is 0 Å². The van der Waals surface area contributed by atoms with E-state index in [0.717, 1.165) is 16.5 Å². The molecule has 1 aromatic rings. The van der Waals surface area contributed by atoms with Crippen LogP contribution in [-0.2, 0) is 0 Å². The molecule has 2 unspecified atom stereocenters. The van der Waals surface area contributed by atoms with E-state index in [2.05, 4.69) is 19.2 Å². The van der Waals surface area contributed by atoms with Gasteiger partial charge in [0.2, 0.25) is 0 Å². The zero-order valence-corrected chi connectivity index (χ0v) is 13.3. The third-order valence-corrected chi connectivity index (χ3v) is 4.86. The smallest absolute Gasteiger partial charge is 0.0468 e. The molecular formula is C16H23Cl2N. The van der Waals surface area contributed by atoms with E-state index in [1.807, 2.05) is 18.2 Å². The van der Waals surface area contributed by atoms with Crippen LogP contribution < -0.4 is 5.32 Å². The van der Waals surface area contributed by atoms with Gasteiger partial charge >= 0.3 is 0 Å². The summed E-state index contributed by atoms with van der Waals surface area (Å²) in [6, 6.07) is 6.56. The average molecular weight is 300 g/mol. The van der Waals surface area contributed by atoms with Crippen molar-refractivity contribution >= 4 is 23.2 Å². The molecular weight excluding hydrogens is 277 g/mol. The fourth-order valence-electron chi connectivity index (χ4n) is 3.11. The average Bonchev–Trinajstić information content (AvgIpc) is 2.39. The van der Waals surface area contributed by atoms with Gasteiger partial charge in [-0.3, -0.25) is 0 Å². The third kappa shape index (κ3) is 4.11. The molecule has 1 aliphatic rings. The first-order chi connectivity index (χ1) is 9.08. The van der Waals surface area contributed by atoms with Gasteiger partial charge in [0.05, 0.1) is 0 Å². The van der Waals surface area contributed by atoms with Crippen LogP contribution in [0.4, 0.5) is 0 Å². The van der Waals surface area contributed by atoms with Gasteiger partial charge < -0.3 is 5.32 Å². The molecule has 19 heavy (non-hydrogen) atoms. The van der Waals surface area contributed by atoms with E-state index in [9.17, 15) is 0 Å². The molecule has 0 heterocycles. The summed E-state index contributed by atoms with van der Waals surface area (Å²) in [4.78, 5) is 0. The van der Waals surface area contributed by atoms with Crippen molar-refractivity contribution in [3.05, 3.63) is 33.8 Å². The van der Waals surface area contributed by atoms with Gasteiger partial charge in [-0.2, -0.15) is 0 Å². The van der Waals surface area contributed by atoms with Crippen LogP contribution >= 0.6 is 23.2 Å². The second-order valence-corrected chi connectivity index (χ2v) is 6.58. The molecule has 0 amide bonds. The van der Waals surface area contributed by atoms with Crippen molar-refractivity contribution in [2.75, 3.05) is 0 Å². The van der Waals surface area contributed by atoms with Crippen LogP contribution in [0, 0.1) is 5.92 Å². The standard InChI is InChI=1S/C16H23Cl2N/c1-11(13-6-4-3-5-7-13)19-12(2)15-9-8-14(17)10-16(15)18/h8-13,19H,3-7H2,1-2H3. The zero-order valence-electron chi connectivity index (χ0n) is 11.8. The molecule has 0 spiro atoms. The molecule has 106 valence electrons. The first-order valence-electron chi connectivity index (χ1n) is 7.29. The molecule has 1 saturated carbocycles. The summed E-state index contributed by atoms with van der Waals surface area (Å²) in [6.07, 6.45) is 6.88. The van der Waals surface area contributed by atoms with E-state index in [4.69, 9.17) is 23.2 Å². The Hall–Kier alpha value is -0.240. The molecule has 2 atom stereocenters. The Morgan fingerprint density at radius 1 is 1.11 bits per heavy atom. The highest BCUT2D eigenvalue weighted by Crippen LogP contribution is 2.30. The van der Waals surface area contributed by atoms with E-state index in [1.54, 1.807) is 0 Å². The highest BCUT2D eigenvalue weighted by atomic mass is 35.5. The van der Waals surface area contributed by atoms with Crippen LogP contribution in [0.15, 0.2) is 18.2 Å². The van der Waals surface area contributed by atoms with Gasteiger partial charge in [-0.05, 0) is 50.3 Å². The minimum Gasteiger partial charge on any atom is -0.307 e. The third-order valence-electron chi connectivity index (χ3n) is 4.30. The number of halogens is 2. The predicted octanol–water partition coefficient (Wildman–Crippen LogP) is 5.61. The van der Waals surface area contributed by atoms with Gasteiger partial charge in [-0.15, -0.1) is 0 Å². The Morgan fingerprint density at radius 3 is 2.42 bits per heavy atom. The van der Waals surface area contributed by atoms with Gasteiger partial charge in [0.1, 0.15) is 0 Å². The van der Waals surface area contributed by atoms with Crippen molar-refractivity contribution in [2.45, 2.75) is 58.0 Å². The summed E-state index contributed by atoms with van der Waals surface area (Å²) in [5.74, 6) is 0.808. The largest absolute Gasteiger partial charge is 0.307 e. The van der Waals surface area contributed by atoms with Gasteiger partial charge in [0.15, 0.2) is 0 Å². The van der Waals surface area contributed by atoms with Crippen molar-refractivity contribution in [3.8, 4) is 0 Å². The van der Waals surface area contributed by atoms with Crippen LogP contribution in [0.2, 0.25) is 10.0 Å². The Kier molecular flexibility index (Phi) is 5.56. The monoisotopic (exact) mass is 299 g/mol. The second kappa shape index (κ2) is 6.97. The van der Waals surface area contributed by atoms with Gasteiger partial charge in [0, 0.05) is 22.1 Å². The molecule has 1 nitrogen and oxygen atoms in total. The lowest BCUT2D eigenvalue weighted by molar-refractivity contribution is 0.268. The van der Waals surface area contributed by atoms with Crippen molar-refractivity contribution in [1.82, 2.24) is 5.32 Å². The number of benzene rings is 1. The molecule has 2 rings (SSSR count). The van der Waals surface area contributed by atoms with E-state index < -0.39 is 0 Å². The van der Waals surface area contributed by atoms with Crippen molar-refractivity contribution in [3.63, 3.8) is 0 Å². The van der Waals surface area contributed by atoms with Crippen molar-refractivity contribution < 1.29 is 0 Å².